The Bertz CT molecular complexity index is 1430. The Labute approximate surface area is 423 Å². The summed E-state index contributed by atoms with van der Waals surface area (Å²) in [6, 6.07) is 0. The molecule has 0 aliphatic heterocycles. The van der Waals surface area contributed by atoms with E-state index in [-0.39, 0.29) is 62.7 Å². The van der Waals surface area contributed by atoms with E-state index in [4.69, 9.17) is 30.6 Å². The van der Waals surface area contributed by atoms with E-state index in [0.717, 1.165) is 51.0 Å². The first-order chi connectivity index (χ1) is 32.4. The fourth-order valence-corrected chi connectivity index (χ4v) is 9.54. The van der Waals surface area contributed by atoms with Gasteiger partial charge in [-0.2, -0.15) is 0 Å². The number of aliphatic carboxylic acids is 8. The Kier molecular flexibility index (Phi) is 56.3. The minimum atomic E-state index is -1.48. The monoisotopic (exact) mass is 1090 g/mol. The number of rotatable bonds is 36. The van der Waals surface area contributed by atoms with Crippen LogP contribution in [0.4, 0.5) is 0 Å². The predicted molar refractivity (Wildman–Crippen MR) is 267 cm³/mol. The van der Waals surface area contributed by atoms with Crippen LogP contribution in [-0.4, -0.2) is 99.5 Å². The second-order valence-corrected chi connectivity index (χ2v) is 21.5. The van der Waals surface area contributed by atoms with Crippen molar-refractivity contribution in [2.45, 2.75) is 218 Å². The molecule has 6 N–H and O–H groups in total. The fraction of sp³-hybridized carbons (Fsp3) is 0.692. The molecule has 0 heterocycles. The first-order valence-electron chi connectivity index (χ1n) is 24.8. The number of carboxylic acid groups (broad SMARTS) is 8. The third-order valence-electron chi connectivity index (χ3n) is 9.90. The molecule has 0 saturated heterocycles. The maximum absolute atomic E-state index is 10.7. The van der Waals surface area contributed by atoms with Gasteiger partial charge in [0, 0.05) is 34.9 Å². The van der Waals surface area contributed by atoms with Crippen molar-refractivity contribution < 1.29 is 79.2 Å². The van der Waals surface area contributed by atoms with Gasteiger partial charge in [0.1, 0.15) is 0 Å². The molecule has 0 bridgehead atoms. The maximum atomic E-state index is 10.7. The van der Waals surface area contributed by atoms with Gasteiger partial charge in [0.05, 0.1) is 11.9 Å². The molecule has 0 amide bonds. The summed E-state index contributed by atoms with van der Waals surface area (Å²) in [5.74, 6) is -8.73. The summed E-state index contributed by atoms with van der Waals surface area (Å²) in [5.41, 5.74) is -0.387. The van der Waals surface area contributed by atoms with Crippen molar-refractivity contribution in [3.63, 3.8) is 0 Å². The summed E-state index contributed by atoms with van der Waals surface area (Å²) in [6.45, 7) is 16.3. The molecule has 17 heteroatoms. The molecule has 16 nitrogen and oxygen atoms in total. The van der Waals surface area contributed by atoms with Crippen LogP contribution in [0.1, 0.15) is 209 Å². The van der Waals surface area contributed by atoms with Crippen molar-refractivity contribution in [2.75, 3.05) is 0 Å². The number of carboxylic acids is 8. The van der Waals surface area contributed by atoms with Gasteiger partial charge in [-0.05, 0) is 62.0 Å². The van der Waals surface area contributed by atoms with Gasteiger partial charge >= 0.3 is 157 Å². The molecule has 0 aromatic heterocycles. The van der Waals surface area contributed by atoms with Gasteiger partial charge < -0.3 is 50.4 Å². The molecule has 0 spiro atoms. The van der Waals surface area contributed by atoms with E-state index in [0.29, 0.717) is 42.9 Å². The van der Waals surface area contributed by atoms with Crippen LogP contribution >= 0.6 is 0 Å². The van der Waals surface area contributed by atoms with Gasteiger partial charge in [-0.1, -0.05) is 80.1 Å². The molecule has 0 unspecified atom stereocenters. The fourth-order valence-electron chi connectivity index (χ4n) is 5.97. The van der Waals surface area contributed by atoms with E-state index in [1.54, 1.807) is 35.6 Å². The van der Waals surface area contributed by atoms with Crippen LogP contribution in [0.25, 0.3) is 0 Å². The Balaban J connectivity index is -0.000000251. The third kappa shape index (κ3) is 63.5. The summed E-state index contributed by atoms with van der Waals surface area (Å²) >= 11 is 0.0736. The summed E-state index contributed by atoms with van der Waals surface area (Å²) in [4.78, 5) is 81.9. The molecule has 0 radical (unpaired) electrons. The van der Waals surface area contributed by atoms with Gasteiger partial charge in [-0.15, -0.1) is 0 Å². The normalized spacial score (nSPS) is 11.3. The molecule has 69 heavy (non-hydrogen) atoms. The Morgan fingerprint density at radius 2 is 0.710 bits per heavy atom. The summed E-state index contributed by atoms with van der Waals surface area (Å²) in [6.07, 6.45) is 29.2. The van der Waals surface area contributed by atoms with Crippen LogP contribution in [0, 0.1) is 11.8 Å². The van der Waals surface area contributed by atoms with Crippen molar-refractivity contribution in [1.29, 1.82) is 0 Å². The Morgan fingerprint density at radius 3 is 0.971 bits per heavy atom. The molecule has 0 aromatic rings. The van der Waals surface area contributed by atoms with Gasteiger partial charge in [0.2, 0.25) is 0 Å². The standard InChI is InChI=1S/2C12H20O4.2C8H17.2C6H8O4.Sn/c2*1-9(2)6-4-3-5-7-10(12(15)16)8-11(13)14;2*1-3-5-7-8-6-4-2;2*1-2-4(6(9)10)3-5(7)8;/h2*8-9H,3-7H2,1-2H3,(H,13,14)(H,15,16);2*1,3-8H2,2H3;2*3H,2H2,1H3,(H,7,8)(H,9,10);/q;;;;;;+2/p-2. The molecular formula is C52H88O16Sn. The van der Waals surface area contributed by atoms with Crippen molar-refractivity contribution >= 4 is 68.9 Å². The molecule has 0 atom stereocenters. The molecular weight excluding hydrogens is 999 g/mol. The van der Waals surface area contributed by atoms with Gasteiger partial charge in [-0.3, -0.25) is 0 Å². The average molecular weight is 1090 g/mol. The molecule has 0 rings (SSSR count). The molecule has 396 valence electrons. The van der Waals surface area contributed by atoms with Gasteiger partial charge in [-0.25, -0.2) is 28.8 Å². The number of carbonyl (C=O) groups is 8. The first kappa shape index (κ1) is 73.5. The van der Waals surface area contributed by atoms with Gasteiger partial charge in [0.25, 0.3) is 0 Å². The zero-order valence-corrected chi connectivity index (χ0v) is 46.0. The second kappa shape index (κ2) is 52.9. The van der Waals surface area contributed by atoms with Crippen molar-refractivity contribution in [3.05, 3.63) is 46.6 Å². The zero-order chi connectivity index (χ0) is 54.0. The first-order valence-corrected chi connectivity index (χ1v) is 28.8. The Morgan fingerprint density at radius 1 is 0.406 bits per heavy atom. The van der Waals surface area contributed by atoms with Crippen LogP contribution < -0.4 is 10.2 Å². The molecule has 0 saturated carbocycles. The van der Waals surface area contributed by atoms with E-state index < -0.39 is 47.8 Å². The zero-order valence-electron chi connectivity index (χ0n) is 43.1. The topological polar surface area (TPSA) is 304 Å². The van der Waals surface area contributed by atoms with Crippen molar-refractivity contribution in [1.82, 2.24) is 0 Å². The molecule has 0 aliphatic carbocycles. The van der Waals surface area contributed by atoms with Crippen LogP contribution in [0.2, 0.25) is 8.87 Å². The van der Waals surface area contributed by atoms with Crippen molar-refractivity contribution in [2.24, 2.45) is 11.8 Å². The number of hydrogen-bond acceptors (Lipinski definition) is 10. The van der Waals surface area contributed by atoms with Crippen LogP contribution in [-0.2, 0) is 38.4 Å². The number of unbranched alkanes of at least 4 members (excludes halogenated alkanes) is 14. The molecule has 0 aliphatic rings. The van der Waals surface area contributed by atoms with E-state index in [2.05, 4.69) is 41.5 Å². The summed E-state index contributed by atoms with van der Waals surface area (Å²) in [7, 11) is 0. The SMILES string of the molecule is CC(C)CCCCCC(=CC(=O)O)C(=O)O.CC(C)CCCCCC(=CC(=O)[O-])C(=O)[O-].CCC(=CC(=O)O)C(=O)O.CCC(=CC(=O)O)C(=O)O.CCCCCCC[CH2][Sn+2][CH2]CCCCCCC. The quantitative estimate of drug-likeness (QED) is 0.0193. The van der Waals surface area contributed by atoms with E-state index in [1.165, 1.54) is 64.2 Å². The van der Waals surface area contributed by atoms with E-state index in [1.807, 2.05) is 0 Å². The third-order valence-corrected chi connectivity index (χ3v) is 13.9. The average Bonchev–Trinajstić information content (AvgIpc) is 3.25. The molecule has 0 aromatic carbocycles. The van der Waals surface area contributed by atoms with Crippen LogP contribution in [0.15, 0.2) is 46.6 Å². The van der Waals surface area contributed by atoms with Crippen molar-refractivity contribution in [3.8, 4) is 0 Å². The summed E-state index contributed by atoms with van der Waals surface area (Å²) < 4.78 is 3.31. The van der Waals surface area contributed by atoms with E-state index >= 15 is 0 Å². The number of carbonyl (C=O) groups excluding carboxylic acids is 2. The second-order valence-electron chi connectivity index (χ2n) is 17.2. The van der Waals surface area contributed by atoms with Crippen LogP contribution in [0.5, 0.6) is 0 Å². The summed E-state index contributed by atoms with van der Waals surface area (Å²) in [5, 5.41) is 70.8. The number of hydrogen-bond donors (Lipinski definition) is 6. The van der Waals surface area contributed by atoms with Gasteiger partial charge in [0.15, 0.2) is 0 Å². The molecule has 0 fully saturated rings. The van der Waals surface area contributed by atoms with Crippen LogP contribution in [0.3, 0.4) is 0 Å². The predicted octanol–water partition coefficient (Wildman–Crippen LogP) is 9.94. The Hall–Kier alpha value is -4.48. The van der Waals surface area contributed by atoms with E-state index in [9.17, 15) is 48.6 Å². The minimum absolute atomic E-state index is 0.0166.